The van der Waals surface area contributed by atoms with Gasteiger partial charge in [0.05, 0.1) is 0 Å². The van der Waals surface area contributed by atoms with Gasteiger partial charge >= 0.3 is 0 Å². The molecule has 1 aliphatic heterocycles. The molecule has 2 rings (SSSR count). The fraction of sp³-hybridized carbons (Fsp3) is 0.286. The van der Waals surface area contributed by atoms with Crippen LogP contribution in [-0.2, 0) is 9.59 Å². The molecule has 0 aromatic heterocycles. The molecule has 1 unspecified atom stereocenters. The minimum atomic E-state index is -0.534. The second-order valence-corrected chi connectivity index (χ2v) is 4.74. The van der Waals surface area contributed by atoms with E-state index in [-0.39, 0.29) is 11.7 Å². The Labute approximate surface area is 116 Å². The predicted octanol–water partition coefficient (Wildman–Crippen LogP) is 0.464. The van der Waals surface area contributed by atoms with Gasteiger partial charge in [0.1, 0.15) is 11.8 Å². The summed E-state index contributed by atoms with van der Waals surface area (Å²) in [6.07, 6.45) is 4.23. The molecule has 1 aromatic rings. The highest BCUT2D eigenvalue weighted by Crippen LogP contribution is 2.21. The second-order valence-electron chi connectivity index (χ2n) is 4.74. The molecule has 0 aliphatic carbocycles. The molecule has 1 aromatic carbocycles. The van der Waals surface area contributed by atoms with Gasteiger partial charge in [0.15, 0.2) is 0 Å². The van der Waals surface area contributed by atoms with Crippen LogP contribution >= 0.6 is 0 Å². The minimum Gasteiger partial charge on any atom is -0.508 e. The fourth-order valence-electron chi connectivity index (χ4n) is 2.29. The Balaban J connectivity index is 2.13. The van der Waals surface area contributed by atoms with E-state index in [9.17, 15) is 14.7 Å². The van der Waals surface area contributed by atoms with E-state index in [0.717, 1.165) is 6.42 Å². The lowest BCUT2D eigenvalue weighted by molar-refractivity contribution is -0.133. The topological polar surface area (TPSA) is 110 Å². The molecule has 0 saturated carbocycles. The Morgan fingerprint density at radius 3 is 2.85 bits per heavy atom. The van der Waals surface area contributed by atoms with Gasteiger partial charge in [-0.15, -0.1) is 0 Å². The van der Waals surface area contributed by atoms with Crippen LogP contribution in [0.25, 0.3) is 6.08 Å². The van der Waals surface area contributed by atoms with Crippen LogP contribution in [0.2, 0.25) is 0 Å². The summed E-state index contributed by atoms with van der Waals surface area (Å²) in [5, 5.41) is 9.38. The number of hydrogen-bond donors (Lipinski definition) is 3. The first-order valence-corrected chi connectivity index (χ1v) is 6.35. The monoisotopic (exact) mass is 275 g/mol. The maximum absolute atomic E-state index is 12.1. The molecule has 20 heavy (non-hydrogen) atoms. The van der Waals surface area contributed by atoms with Gasteiger partial charge in [-0.3, -0.25) is 9.59 Å². The first-order valence-electron chi connectivity index (χ1n) is 6.35. The molecule has 5 N–H and O–H groups in total. The third-order valence-corrected chi connectivity index (χ3v) is 3.34. The van der Waals surface area contributed by atoms with Crippen molar-refractivity contribution in [2.75, 3.05) is 12.3 Å². The van der Waals surface area contributed by atoms with Gasteiger partial charge in [-0.1, -0.05) is 0 Å². The summed E-state index contributed by atoms with van der Waals surface area (Å²) < 4.78 is 0. The number of aromatic hydroxyl groups is 1. The molecular weight excluding hydrogens is 258 g/mol. The number of carbonyl (C=O) groups is 2. The van der Waals surface area contributed by atoms with Crippen LogP contribution in [0.5, 0.6) is 5.75 Å². The highest BCUT2D eigenvalue weighted by atomic mass is 16.3. The Morgan fingerprint density at radius 1 is 1.40 bits per heavy atom. The number of likely N-dealkylation sites (tertiary alicyclic amines) is 1. The van der Waals surface area contributed by atoms with Crippen LogP contribution in [0.1, 0.15) is 18.4 Å². The SMILES string of the molecule is NC(=O)C1CCCN1C(=O)/C=C/c1cc(O)ccc1N. The minimum absolute atomic E-state index is 0.0717. The number of primary amides is 1. The molecule has 0 bridgehead atoms. The van der Waals surface area contributed by atoms with E-state index >= 15 is 0 Å². The maximum atomic E-state index is 12.1. The zero-order chi connectivity index (χ0) is 14.7. The maximum Gasteiger partial charge on any atom is 0.247 e. The fourth-order valence-corrected chi connectivity index (χ4v) is 2.29. The number of carbonyl (C=O) groups excluding carboxylic acids is 2. The summed E-state index contributed by atoms with van der Waals surface area (Å²) in [6, 6.07) is 3.96. The molecule has 1 heterocycles. The number of rotatable bonds is 3. The highest BCUT2D eigenvalue weighted by molar-refractivity contribution is 5.96. The third kappa shape index (κ3) is 2.90. The summed E-state index contributed by atoms with van der Waals surface area (Å²) in [5.74, 6) is -0.697. The normalized spacial score (nSPS) is 18.6. The summed E-state index contributed by atoms with van der Waals surface area (Å²) in [7, 11) is 0. The number of nitrogens with two attached hydrogens (primary N) is 2. The number of hydrogen-bond acceptors (Lipinski definition) is 4. The Morgan fingerprint density at radius 2 is 2.15 bits per heavy atom. The van der Waals surface area contributed by atoms with Crippen molar-refractivity contribution in [2.24, 2.45) is 5.73 Å². The summed E-state index contributed by atoms with van der Waals surface area (Å²) >= 11 is 0. The van der Waals surface area contributed by atoms with Crippen LogP contribution in [-0.4, -0.2) is 34.4 Å². The molecule has 1 atom stereocenters. The second kappa shape index (κ2) is 5.64. The smallest absolute Gasteiger partial charge is 0.247 e. The number of amides is 2. The van der Waals surface area contributed by atoms with E-state index in [1.165, 1.54) is 29.2 Å². The van der Waals surface area contributed by atoms with Gasteiger partial charge in [0.2, 0.25) is 11.8 Å². The largest absolute Gasteiger partial charge is 0.508 e. The van der Waals surface area contributed by atoms with Crippen LogP contribution in [0, 0.1) is 0 Å². The molecular formula is C14H17N3O3. The van der Waals surface area contributed by atoms with Gasteiger partial charge in [0.25, 0.3) is 0 Å². The molecule has 1 saturated heterocycles. The standard InChI is InChI=1S/C14H17N3O3/c15-11-5-4-10(18)8-9(11)3-6-13(19)17-7-1-2-12(17)14(16)20/h3-6,8,12,18H,1-2,7,15H2,(H2,16,20)/b6-3+. The van der Waals surface area contributed by atoms with Crippen molar-refractivity contribution in [1.29, 1.82) is 0 Å². The molecule has 2 amide bonds. The zero-order valence-corrected chi connectivity index (χ0v) is 11.0. The average molecular weight is 275 g/mol. The molecule has 1 fully saturated rings. The summed E-state index contributed by atoms with van der Waals surface area (Å²) in [5.41, 5.74) is 12.0. The number of nitrogen functional groups attached to an aromatic ring is 1. The summed E-state index contributed by atoms with van der Waals surface area (Å²) in [4.78, 5) is 24.8. The van der Waals surface area contributed by atoms with Gasteiger partial charge in [-0.05, 0) is 37.1 Å². The molecule has 1 aliphatic rings. The van der Waals surface area contributed by atoms with Crippen molar-refractivity contribution in [1.82, 2.24) is 4.90 Å². The first-order chi connectivity index (χ1) is 9.49. The van der Waals surface area contributed by atoms with Crippen molar-refractivity contribution in [2.45, 2.75) is 18.9 Å². The molecule has 6 heteroatoms. The number of anilines is 1. The van der Waals surface area contributed by atoms with E-state index < -0.39 is 11.9 Å². The quantitative estimate of drug-likeness (QED) is 0.423. The molecule has 6 nitrogen and oxygen atoms in total. The van der Waals surface area contributed by atoms with Gasteiger partial charge in [-0.2, -0.15) is 0 Å². The van der Waals surface area contributed by atoms with E-state index in [1.54, 1.807) is 6.07 Å². The lowest BCUT2D eigenvalue weighted by atomic mass is 10.1. The van der Waals surface area contributed by atoms with E-state index in [0.29, 0.717) is 24.2 Å². The number of phenols is 1. The van der Waals surface area contributed by atoms with Crippen molar-refractivity contribution >= 4 is 23.6 Å². The van der Waals surface area contributed by atoms with Gasteiger partial charge < -0.3 is 21.5 Å². The van der Waals surface area contributed by atoms with Crippen LogP contribution in [0.4, 0.5) is 5.69 Å². The van der Waals surface area contributed by atoms with Gasteiger partial charge in [-0.25, -0.2) is 0 Å². The average Bonchev–Trinajstić information content (AvgIpc) is 2.89. The van der Waals surface area contributed by atoms with Crippen LogP contribution < -0.4 is 11.5 Å². The zero-order valence-electron chi connectivity index (χ0n) is 11.0. The Hall–Kier alpha value is -2.50. The molecule has 106 valence electrons. The van der Waals surface area contributed by atoms with E-state index in [2.05, 4.69) is 0 Å². The van der Waals surface area contributed by atoms with Gasteiger partial charge in [0, 0.05) is 23.9 Å². The van der Waals surface area contributed by atoms with Crippen molar-refractivity contribution in [3.63, 3.8) is 0 Å². The lowest BCUT2D eigenvalue weighted by Crippen LogP contribution is -2.43. The van der Waals surface area contributed by atoms with Crippen LogP contribution in [0.15, 0.2) is 24.3 Å². The number of nitrogens with zero attached hydrogens (tertiary/aromatic N) is 1. The lowest BCUT2D eigenvalue weighted by Gasteiger charge is -2.20. The van der Waals surface area contributed by atoms with Crippen molar-refractivity contribution in [3.8, 4) is 5.75 Å². The van der Waals surface area contributed by atoms with E-state index in [4.69, 9.17) is 11.5 Å². The molecule has 0 radical (unpaired) electrons. The van der Waals surface area contributed by atoms with Crippen LogP contribution in [0.3, 0.4) is 0 Å². The molecule has 0 spiro atoms. The third-order valence-electron chi connectivity index (χ3n) is 3.34. The Bertz CT molecular complexity index is 569. The summed E-state index contributed by atoms with van der Waals surface area (Å²) in [6.45, 7) is 0.520. The van der Waals surface area contributed by atoms with Crippen molar-refractivity contribution in [3.05, 3.63) is 29.8 Å². The Kier molecular flexibility index (Phi) is 3.93. The highest BCUT2D eigenvalue weighted by Gasteiger charge is 2.31. The number of benzene rings is 1. The van der Waals surface area contributed by atoms with Crippen molar-refractivity contribution < 1.29 is 14.7 Å². The first kappa shape index (κ1) is 13.9. The van der Waals surface area contributed by atoms with E-state index in [1.807, 2.05) is 0 Å². The predicted molar refractivity (Wildman–Crippen MR) is 75.5 cm³/mol. The number of phenolic OH excluding ortho intramolecular Hbond substituents is 1.